The van der Waals surface area contributed by atoms with Crippen LogP contribution in [0.5, 0.6) is 0 Å². The van der Waals surface area contributed by atoms with E-state index in [2.05, 4.69) is 5.32 Å². The monoisotopic (exact) mass is 263 g/mol. The lowest BCUT2D eigenvalue weighted by Crippen LogP contribution is -2.47. The molecule has 102 valence electrons. The lowest BCUT2D eigenvalue weighted by Gasteiger charge is -2.32. The molecule has 0 aromatic carbocycles. The summed E-state index contributed by atoms with van der Waals surface area (Å²) in [6.07, 6.45) is 2.87. The van der Waals surface area contributed by atoms with Crippen molar-refractivity contribution in [2.24, 2.45) is 0 Å². The minimum atomic E-state index is -3.32. The lowest BCUT2D eigenvalue weighted by molar-refractivity contribution is 0.298. The first kappa shape index (κ1) is 14.9. The average Bonchev–Trinajstić information content (AvgIpc) is 2.55. The zero-order valence-electron chi connectivity index (χ0n) is 11.3. The summed E-state index contributed by atoms with van der Waals surface area (Å²) >= 11 is 0. The molecule has 0 aromatic rings. The second kappa shape index (κ2) is 6.13. The molecule has 1 unspecified atom stereocenters. The topological polar surface area (TPSA) is 52.7 Å². The highest BCUT2D eigenvalue weighted by Gasteiger charge is 2.31. The molecule has 6 heteroatoms. The Bertz CT molecular complexity index is 322. The van der Waals surface area contributed by atoms with E-state index in [9.17, 15) is 8.42 Å². The molecule has 0 spiro atoms. The smallest absolute Gasteiger partial charge is 0.281 e. The summed E-state index contributed by atoms with van der Waals surface area (Å²) < 4.78 is 27.6. The Hall–Kier alpha value is -0.170. The fourth-order valence-electron chi connectivity index (χ4n) is 2.02. The Morgan fingerprint density at radius 3 is 2.41 bits per heavy atom. The molecule has 0 amide bonds. The van der Waals surface area contributed by atoms with Crippen LogP contribution in [0.25, 0.3) is 0 Å². The summed E-state index contributed by atoms with van der Waals surface area (Å²) in [5.41, 5.74) is 0. The van der Waals surface area contributed by atoms with Gasteiger partial charge in [-0.2, -0.15) is 17.0 Å². The maximum Gasteiger partial charge on any atom is 0.281 e. The summed E-state index contributed by atoms with van der Waals surface area (Å²) in [4.78, 5) is 0. The van der Waals surface area contributed by atoms with Crippen LogP contribution in [0.4, 0.5) is 0 Å². The molecule has 1 heterocycles. The Balaban J connectivity index is 2.76. The SMILES string of the molecule is CC(C)N(C)S(=O)(=O)N(C)C1CCCNCC1. The van der Waals surface area contributed by atoms with Crippen LogP contribution in [0.2, 0.25) is 0 Å². The summed E-state index contributed by atoms with van der Waals surface area (Å²) in [7, 11) is 0.0277. The highest BCUT2D eigenvalue weighted by Crippen LogP contribution is 2.18. The van der Waals surface area contributed by atoms with E-state index in [-0.39, 0.29) is 12.1 Å². The Morgan fingerprint density at radius 1 is 1.18 bits per heavy atom. The molecule has 1 aliphatic heterocycles. The third-order valence-corrected chi connectivity index (χ3v) is 5.69. The van der Waals surface area contributed by atoms with Crippen molar-refractivity contribution in [3.05, 3.63) is 0 Å². The minimum Gasteiger partial charge on any atom is -0.317 e. The summed E-state index contributed by atoms with van der Waals surface area (Å²) in [5, 5.41) is 3.30. The molecule has 0 aromatic heterocycles. The summed E-state index contributed by atoms with van der Waals surface area (Å²) in [6.45, 7) is 5.67. The molecule has 0 bridgehead atoms. The molecular weight excluding hydrogens is 238 g/mol. The number of nitrogens with zero attached hydrogens (tertiary/aromatic N) is 2. The van der Waals surface area contributed by atoms with E-state index in [0.29, 0.717) is 0 Å². The van der Waals surface area contributed by atoms with Gasteiger partial charge in [0.2, 0.25) is 0 Å². The van der Waals surface area contributed by atoms with E-state index in [1.807, 2.05) is 13.8 Å². The summed E-state index contributed by atoms with van der Waals surface area (Å²) in [5.74, 6) is 0. The van der Waals surface area contributed by atoms with E-state index in [1.165, 1.54) is 4.31 Å². The second-order valence-electron chi connectivity index (χ2n) is 4.97. The van der Waals surface area contributed by atoms with Crippen LogP contribution in [0.3, 0.4) is 0 Å². The lowest BCUT2D eigenvalue weighted by atomic mass is 10.1. The van der Waals surface area contributed by atoms with Crippen LogP contribution in [0, 0.1) is 0 Å². The van der Waals surface area contributed by atoms with Crippen molar-refractivity contribution in [3.8, 4) is 0 Å². The number of hydrogen-bond acceptors (Lipinski definition) is 3. The van der Waals surface area contributed by atoms with E-state index in [1.54, 1.807) is 18.4 Å². The van der Waals surface area contributed by atoms with E-state index < -0.39 is 10.2 Å². The van der Waals surface area contributed by atoms with Gasteiger partial charge in [0.05, 0.1) is 0 Å². The van der Waals surface area contributed by atoms with Gasteiger partial charge in [0.1, 0.15) is 0 Å². The van der Waals surface area contributed by atoms with Crippen LogP contribution in [0.1, 0.15) is 33.1 Å². The van der Waals surface area contributed by atoms with Crippen molar-refractivity contribution in [2.75, 3.05) is 27.2 Å². The standard InChI is InChI=1S/C11H25N3O2S/c1-10(2)13(3)17(15,16)14(4)11-6-5-8-12-9-7-11/h10-12H,5-9H2,1-4H3. The van der Waals surface area contributed by atoms with Crippen molar-refractivity contribution >= 4 is 10.2 Å². The molecule has 1 saturated heterocycles. The molecule has 1 rings (SSSR count). The molecule has 0 saturated carbocycles. The normalized spacial score (nSPS) is 23.4. The quantitative estimate of drug-likeness (QED) is 0.810. The highest BCUT2D eigenvalue weighted by atomic mass is 32.2. The first-order valence-corrected chi connectivity index (χ1v) is 7.68. The fourth-order valence-corrected chi connectivity index (χ4v) is 3.55. The van der Waals surface area contributed by atoms with Gasteiger partial charge in [-0.15, -0.1) is 0 Å². The van der Waals surface area contributed by atoms with Gasteiger partial charge in [-0.1, -0.05) is 0 Å². The van der Waals surface area contributed by atoms with Crippen LogP contribution in [-0.4, -0.2) is 56.3 Å². The number of hydrogen-bond donors (Lipinski definition) is 1. The van der Waals surface area contributed by atoms with E-state index in [4.69, 9.17) is 0 Å². The number of nitrogens with one attached hydrogen (secondary N) is 1. The van der Waals surface area contributed by atoms with E-state index in [0.717, 1.165) is 32.4 Å². The maximum absolute atomic E-state index is 12.3. The first-order valence-electron chi connectivity index (χ1n) is 6.29. The fraction of sp³-hybridized carbons (Fsp3) is 1.00. The van der Waals surface area contributed by atoms with Crippen molar-refractivity contribution in [3.63, 3.8) is 0 Å². The highest BCUT2D eigenvalue weighted by molar-refractivity contribution is 7.86. The van der Waals surface area contributed by atoms with E-state index >= 15 is 0 Å². The third-order valence-electron chi connectivity index (χ3n) is 3.51. The zero-order valence-corrected chi connectivity index (χ0v) is 12.1. The van der Waals surface area contributed by atoms with Crippen LogP contribution >= 0.6 is 0 Å². The van der Waals surface area contributed by atoms with Gasteiger partial charge < -0.3 is 5.32 Å². The molecular formula is C11H25N3O2S. The van der Waals surface area contributed by atoms with Crippen molar-refractivity contribution in [1.29, 1.82) is 0 Å². The molecule has 17 heavy (non-hydrogen) atoms. The van der Waals surface area contributed by atoms with Crippen molar-refractivity contribution < 1.29 is 8.42 Å². The van der Waals surface area contributed by atoms with Crippen molar-refractivity contribution in [1.82, 2.24) is 13.9 Å². The third kappa shape index (κ3) is 3.64. The van der Waals surface area contributed by atoms with Gasteiger partial charge >= 0.3 is 0 Å². The Morgan fingerprint density at radius 2 is 1.82 bits per heavy atom. The predicted octanol–water partition coefficient (Wildman–Crippen LogP) is 0.645. The minimum absolute atomic E-state index is 0.00801. The largest absolute Gasteiger partial charge is 0.317 e. The summed E-state index contributed by atoms with van der Waals surface area (Å²) in [6, 6.07) is 0.113. The van der Waals surface area contributed by atoms with Gasteiger partial charge in [0.15, 0.2) is 0 Å². The van der Waals surface area contributed by atoms with Crippen molar-refractivity contribution in [2.45, 2.75) is 45.2 Å². The zero-order chi connectivity index (χ0) is 13.1. The molecule has 1 aliphatic rings. The molecule has 1 atom stereocenters. The molecule has 0 aliphatic carbocycles. The second-order valence-corrected chi connectivity index (χ2v) is 7.02. The van der Waals surface area contributed by atoms with Crippen LogP contribution < -0.4 is 5.32 Å². The van der Waals surface area contributed by atoms with Gasteiger partial charge in [0, 0.05) is 26.2 Å². The Labute approximate surface area is 105 Å². The van der Waals surface area contributed by atoms with Gasteiger partial charge in [-0.3, -0.25) is 0 Å². The molecule has 1 fully saturated rings. The van der Waals surface area contributed by atoms with Crippen LogP contribution in [-0.2, 0) is 10.2 Å². The average molecular weight is 263 g/mol. The van der Waals surface area contributed by atoms with Gasteiger partial charge in [-0.25, -0.2) is 0 Å². The molecule has 1 N–H and O–H groups in total. The predicted molar refractivity (Wildman–Crippen MR) is 70.1 cm³/mol. The Kier molecular flexibility index (Phi) is 5.37. The first-order chi connectivity index (χ1) is 7.87. The molecule has 5 nitrogen and oxygen atoms in total. The van der Waals surface area contributed by atoms with Gasteiger partial charge in [-0.05, 0) is 46.2 Å². The number of rotatable bonds is 4. The van der Waals surface area contributed by atoms with Crippen LogP contribution in [0.15, 0.2) is 0 Å². The molecule has 0 radical (unpaired) electrons. The maximum atomic E-state index is 12.3. The van der Waals surface area contributed by atoms with Gasteiger partial charge in [0.25, 0.3) is 10.2 Å².